The van der Waals surface area contributed by atoms with Crippen LogP contribution in [0.3, 0.4) is 0 Å². The standard InChI is InChI=1S/C34H34N2.C8H10N2.C7H9N.C3H6.C2H6/c1-7-13-23(5)35-30-16-12-17-32-34(24(30)6)29-21-28-26(19-18-25-14-10-11-15-27(25)28)20-33(29)36(32)31(9-3)22(4)8-2;1-10-8(9)7-5-3-2-4-6-7;8-6-7-4-2-1-3-5-7;1-3-2;1-2/h7-16,18-21,35H,1,17H2,2-6H3;2-6,8H,1,9H2;1-5H,6,8H2;3H,1H2,2H3;1-2H3/b22-8-,23-13+,31-9+;;;;. The van der Waals surface area contributed by atoms with Gasteiger partial charge in [-0.3, -0.25) is 4.99 Å². The van der Waals surface area contributed by atoms with Crippen molar-refractivity contribution in [3.05, 3.63) is 204 Å². The van der Waals surface area contributed by atoms with Crippen molar-refractivity contribution in [3.63, 3.8) is 0 Å². The van der Waals surface area contributed by atoms with Gasteiger partial charge in [-0.1, -0.05) is 148 Å². The second-order valence-corrected chi connectivity index (χ2v) is 13.7. The van der Waals surface area contributed by atoms with E-state index in [9.17, 15) is 0 Å². The van der Waals surface area contributed by atoms with Gasteiger partial charge in [-0.2, -0.15) is 0 Å². The van der Waals surface area contributed by atoms with E-state index in [4.69, 9.17) is 11.5 Å². The molecular weight excluding hydrogens is 719 g/mol. The number of allylic oxidation sites excluding steroid dienone is 11. The van der Waals surface area contributed by atoms with E-state index in [-0.39, 0.29) is 6.17 Å². The van der Waals surface area contributed by atoms with Gasteiger partial charge in [0.25, 0.3) is 0 Å². The Morgan fingerprint density at radius 2 is 1.42 bits per heavy atom. The lowest BCUT2D eigenvalue weighted by atomic mass is 9.96. The zero-order valence-corrected chi connectivity index (χ0v) is 36.6. The first-order chi connectivity index (χ1) is 28.7. The average molecular weight is 784 g/mol. The van der Waals surface area contributed by atoms with Crippen LogP contribution < -0.4 is 16.8 Å². The summed E-state index contributed by atoms with van der Waals surface area (Å²) in [5, 5.41) is 10.0. The van der Waals surface area contributed by atoms with Crippen molar-refractivity contribution in [1.29, 1.82) is 0 Å². The lowest BCUT2D eigenvalue weighted by Gasteiger charge is -2.16. The largest absolute Gasteiger partial charge is 0.359 e. The molecule has 1 aliphatic rings. The van der Waals surface area contributed by atoms with Gasteiger partial charge in [-0.15, -0.1) is 6.58 Å². The Labute approximate surface area is 354 Å². The number of hydrogen-bond donors (Lipinski definition) is 3. The molecule has 0 fully saturated rings. The van der Waals surface area contributed by atoms with Crippen LogP contribution in [0.25, 0.3) is 43.7 Å². The van der Waals surface area contributed by atoms with E-state index >= 15 is 0 Å². The maximum absolute atomic E-state index is 5.57. The Kier molecular flexibility index (Phi) is 19.6. The minimum atomic E-state index is -0.277. The Morgan fingerprint density at radius 3 is 2.00 bits per heavy atom. The number of hydrogen-bond acceptors (Lipinski definition) is 4. The van der Waals surface area contributed by atoms with Gasteiger partial charge in [0, 0.05) is 46.7 Å². The van der Waals surface area contributed by atoms with Gasteiger partial charge < -0.3 is 21.4 Å². The number of fused-ring (bicyclic) bond motifs is 6. The highest BCUT2D eigenvalue weighted by molar-refractivity contribution is 6.14. The molecule has 59 heavy (non-hydrogen) atoms. The molecule has 5 nitrogen and oxygen atoms in total. The van der Waals surface area contributed by atoms with E-state index in [0.29, 0.717) is 6.54 Å². The fraction of sp³-hybridized carbons (Fsp3) is 0.204. The molecule has 5 heteroatoms. The highest BCUT2D eigenvalue weighted by atomic mass is 15.0. The molecule has 0 bridgehead atoms. The maximum atomic E-state index is 5.57. The Bertz CT molecular complexity index is 2460. The van der Waals surface area contributed by atoms with Gasteiger partial charge in [0.15, 0.2) is 0 Å². The minimum Gasteiger partial charge on any atom is -0.359 e. The number of benzene rings is 5. The molecule has 7 rings (SSSR count). The molecule has 0 radical (unpaired) electrons. The molecular formula is C54H65N5. The first-order valence-electron chi connectivity index (χ1n) is 20.5. The zero-order chi connectivity index (χ0) is 43.3. The lowest BCUT2D eigenvalue weighted by molar-refractivity contribution is 0.783. The smallest absolute Gasteiger partial charge is 0.122 e. The molecule has 0 spiro atoms. The van der Waals surface area contributed by atoms with Crippen LogP contribution in [0.5, 0.6) is 0 Å². The SMILES string of the molecule is C=C/C=C(\C)NC1=C(C)c2c(n(C(=C/C)/C(C)=C\C)c3cc4ccc5ccccc5c4cc23)CC=C1.C=CC.C=NC(N)c1ccccc1.CC.NCc1ccccc1. The van der Waals surface area contributed by atoms with Gasteiger partial charge in [-0.05, 0) is 116 Å². The third-order valence-corrected chi connectivity index (χ3v) is 9.77. The zero-order valence-electron chi connectivity index (χ0n) is 36.6. The van der Waals surface area contributed by atoms with E-state index in [0.717, 1.165) is 23.4 Å². The topological polar surface area (TPSA) is 81.4 Å². The third-order valence-electron chi connectivity index (χ3n) is 9.77. The monoisotopic (exact) mass is 784 g/mol. The summed E-state index contributed by atoms with van der Waals surface area (Å²) in [6.07, 6.45) is 15.1. The first kappa shape index (κ1) is 47.1. The molecule has 5 aromatic carbocycles. The van der Waals surface area contributed by atoms with Gasteiger partial charge in [-0.25, -0.2) is 0 Å². The van der Waals surface area contributed by atoms with Crippen molar-refractivity contribution >= 4 is 50.4 Å². The second-order valence-electron chi connectivity index (χ2n) is 13.7. The van der Waals surface area contributed by atoms with Crippen LogP contribution in [0.4, 0.5) is 0 Å². The van der Waals surface area contributed by atoms with E-state index < -0.39 is 0 Å². The normalized spacial score (nSPS) is 12.9. The molecule has 6 aromatic rings. The van der Waals surface area contributed by atoms with Crippen molar-refractivity contribution in [2.24, 2.45) is 16.5 Å². The summed E-state index contributed by atoms with van der Waals surface area (Å²) in [7, 11) is 0. The summed E-state index contributed by atoms with van der Waals surface area (Å²) < 4.78 is 2.48. The third kappa shape index (κ3) is 12.1. The van der Waals surface area contributed by atoms with Gasteiger partial charge >= 0.3 is 0 Å². The van der Waals surface area contributed by atoms with Crippen LogP contribution in [0.2, 0.25) is 0 Å². The lowest BCUT2D eigenvalue weighted by Crippen LogP contribution is -2.10. The molecule has 1 unspecified atom stereocenters. The van der Waals surface area contributed by atoms with E-state index in [1.165, 1.54) is 66.1 Å². The number of aromatic nitrogens is 1. The molecule has 1 atom stereocenters. The average Bonchev–Trinajstić information content (AvgIpc) is 3.49. The van der Waals surface area contributed by atoms with Crippen molar-refractivity contribution in [2.45, 2.75) is 74.5 Å². The van der Waals surface area contributed by atoms with Crippen molar-refractivity contribution in [3.8, 4) is 0 Å². The summed E-state index contributed by atoms with van der Waals surface area (Å²) in [4.78, 5) is 3.69. The summed E-state index contributed by atoms with van der Waals surface area (Å²) in [6, 6.07) is 37.6. The highest BCUT2D eigenvalue weighted by Gasteiger charge is 2.24. The molecule has 1 heterocycles. The predicted molar refractivity (Wildman–Crippen MR) is 263 cm³/mol. The second kappa shape index (κ2) is 24.5. The van der Waals surface area contributed by atoms with Crippen molar-refractivity contribution in [1.82, 2.24) is 9.88 Å². The number of nitrogens with two attached hydrogens (primary N) is 2. The van der Waals surface area contributed by atoms with Crippen LogP contribution in [-0.2, 0) is 13.0 Å². The fourth-order valence-electron chi connectivity index (χ4n) is 6.89. The van der Waals surface area contributed by atoms with E-state index in [1.54, 1.807) is 6.08 Å². The number of nitrogens with one attached hydrogen (secondary N) is 1. The quantitative estimate of drug-likeness (QED) is 0.0622. The van der Waals surface area contributed by atoms with Crippen molar-refractivity contribution < 1.29 is 0 Å². The van der Waals surface area contributed by atoms with Crippen LogP contribution in [-0.4, -0.2) is 11.3 Å². The fourth-order valence-corrected chi connectivity index (χ4v) is 6.89. The van der Waals surface area contributed by atoms with Crippen LogP contribution >= 0.6 is 0 Å². The summed E-state index contributed by atoms with van der Waals surface area (Å²) in [5.74, 6) is 0. The molecule has 306 valence electrons. The summed E-state index contributed by atoms with van der Waals surface area (Å²) in [5.41, 5.74) is 23.0. The van der Waals surface area contributed by atoms with E-state index in [1.807, 2.05) is 93.6 Å². The van der Waals surface area contributed by atoms with Crippen LogP contribution in [0, 0.1) is 0 Å². The van der Waals surface area contributed by atoms with Gasteiger partial charge in [0.2, 0.25) is 0 Å². The van der Waals surface area contributed by atoms with Crippen LogP contribution in [0.1, 0.15) is 83.9 Å². The molecule has 5 N–H and O–H groups in total. The summed E-state index contributed by atoms with van der Waals surface area (Å²) >= 11 is 0. The van der Waals surface area contributed by atoms with Crippen molar-refractivity contribution in [2.75, 3.05) is 0 Å². The molecule has 0 saturated carbocycles. The Balaban J connectivity index is 0.000000328. The number of rotatable bonds is 8. The number of nitrogens with zero attached hydrogens (tertiary/aromatic N) is 2. The van der Waals surface area contributed by atoms with Gasteiger partial charge in [0.05, 0.1) is 5.52 Å². The highest BCUT2D eigenvalue weighted by Crippen LogP contribution is 2.41. The maximum Gasteiger partial charge on any atom is 0.122 e. The minimum absolute atomic E-state index is 0.277. The predicted octanol–water partition coefficient (Wildman–Crippen LogP) is 14.0. The molecule has 0 amide bonds. The molecule has 1 aromatic heterocycles. The van der Waals surface area contributed by atoms with Gasteiger partial charge in [0.1, 0.15) is 6.17 Å². The summed E-state index contributed by atoms with van der Waals surface area (Å²) in [6.45, 7) is 27.9. The molecule has 0 saturated heterocycles. The number of aliphatic imine (C=N–C) groups is 1. The van der Waals surface area contributed by atoms with Crippen LogP contribution in [0.15, 0.2) is 187 Å². The first-order valence-corrected chi connectivity index (χ1v) is 20.5. The van der Waals surface area contributed by atoms with E-state index in [2.05, 4.69) is 142 Å². The Hall–Kier alpha value is -6.27. The molecule has 1 aliphatic carbocycles. The Morgan fingerprint density at radius 1 is 0.814 bits per heavy atom. The molecule has 0 aliphatic heterocycles.